The highest BCUT2D eigenvalue weighted by atomic mass is 16.6. The first kappa shape index (κ1) is 26.0. The van der Waals surface area contributed by atoms with Gasteiger partial charge in [-0.2, -0.15) is 0 Å². The molecule has 35 heavy (non-hydrogen) atoms. The Hall–Kier alpha value is -3.59. The zero-order valence-corrected chi connectivity index (χ0v) is 20.4. The second-order valence-corrected chi connectivity index (χ2v) is 9.66. The Morgan fingerprint density at radius 3 is 2.26 bits per heavy atom. The normalized spacial score (nSPS) is 15.0. The van der Waals surface area contributed by atoms with Crippen LogP contribution in [0, 0.1) is 6.92 Å². The quantitative estimate of drug-likeness (QED) is 0.456. The lowest BCUT2D eigenvalue weighted by molar-refractivity contribution is -0.142. The number of alkyl carbamates (subject to hydrolysis) is 1. The molecular weight excluding hydrogens is 450 g/mol. The molecule has 2 atom stereocenters. The zero-order chi connectivity index (χ0) is 25.8. The molecule has 2 aromatic carbocycles. The van der Waals surface area contributed by atoms with Gasteiger partial charge in [0, 0.05) is 11.7 Å². The maximum absolute atomic E-state index is 13.6. The predicted octanol–water partition coefficient (Wildman–Crippen LogP) is 3.26. The summed E-state index contributed by atoms with van der Waals surface area (Å²) < 4.78 is 5.24. The minimum absolute atomic E-state index is 0.0240. The van der Waals surface area contributed by atoms with Gasteiger partial charge in [0.1, 0.15) is 23.4 Å². The summed E-state index contributed by atoms with van der Waals surface area (Å²) in [7, 11) is 0. The molecule has 3 amide bonds. The van der Waals surface area contributed by atoms with Gasteiger partial charge in [-0.25, -0.2) is 4.79 Å². The van der Waals surface area contributed by atoms with Crippen molar-refractivity contribution in [1.82, 2.24) is 10.2 Å². The smallest absolute Gasteiger partial charge is 0.408 e. The number of phenols is 1. The van der Waals surface area contributed by atoms with Crippen LogP contribution in [-0.4, -0.2) is 57.3 Å². The molecule has 1 aliphatic rings. The van der Waals surface area contributed by atoms with E-state index >= 15 is 0 Å². The van der Waals surface area contributed by atoms with Crippen molar-refractivity contribution in [1.29, 1.82) is 0 Å². The van der Waals surface area contributed by atoms with Crippen LogP contribution in [0.3, 0.4) is 0 Å². The minimum atomic E-state index is -1.30. The van der Waals surface area contributed by atoms with Crippen molar-refractivity contribution >= 4 is 23.6 Å². The summed E-state index contributed by atoms with van der Waals surface area (Å²) in [5.74, 6) is -1.02. The van der Waals surface area contributed by atoms with Gasteiger partial charge in [-0.15, -0.1) is 0 Å². The lowest BCUT2D eigenvalue weighted by Gasteiger charge is -2.34. The number of para-hydroxylation sites is 1. The molecule has 188 valence electrons. The number of ether oxygens (including phenoxy) is 1. The van der Waals surface area contributed by atoms with E-state index in [1.807, 2.05) is 19.1 Å². The number of anilines is 1. The number of aromatic hydroxyl groups is 1. The van der Waals surface area contributed by atoms with Gasteiger partial charge < -0.3 is 30.5 Å². The molecule has 1 saturated carbocycles. The van der Waals surface area contributed by atoms with Crippen LogP contribution < -0.4 is 10.6 Å². The van der Waals surface area contributed by atoms with E-state index in [2.05, 4.69) is 10.6 Å². The Kier molecular flexibility index (Phi) is 8.01. The van der Waals surface area contributed by atoms with Gasteiger partial charge in [-0.1, -0.05) is 30.3 Å². The molecule has 0 heterocycles. The molecule has 4 N–H and O–H groups in total. The van der Waals surface area contributed by atoms with Gasteiger partial charge in [0.15, 0.2) is 0 Å². The molecule has 0 spiro atoms. The Bertz CT molecular complexity index is 1060. The molecule has 0 aromatic heterocycles. The molecule has 0 radical (unpaired) electrons. The number of aliphatic hydroxyl groups is 1. The lowest BCUT2D eigenvalue weighted by atomic mass is 10.0. The molecule has 1 aliphatic carbocycles. The minimum Gasteiger partial charge on any atom is -0.508 e. The highest BCUT2D eigenvalue weighted by molar-refractivity contribution is 5.99. The van der Waals surface area contributed by atoms with E-state index in [0.29, 0.717) is 24.1 Å². The second kappa shape index (κ2) is 10.8. The predicted molar refractivity (Wildman–Crippen MR) is 131 cm³/mol. The van der Waals surface area contributed by atoms with E-state index < -0.39 is 42.2 Å². The van der Waals surface area contributed by atoms with Crippen LogP contribution in [0.1, 0.15) is 50.8 Å². The monoisotopic (exact) mass is 483 g/mol. The van der Waals surface area contributed by atoms with Crippen LogP contribution in [0.2, 0.25) is 0 Å². The zero-order valence-electron chi connectivity index (χ0n) is 20.4. The highest BCUT2D eigenvalue weighted by Gasteiger charge is 2.44. The van der Waals surface area contributed by atoms with Crippen molar-refractivity contribution in [3.63, 3.8) is 0 Å². The largest absolute Gasteiger partial charge is 0.508 e. The summed E-state index contributed by atoms with van der Waals surface area (Å²) in [6, 6.07) is 10.8. The molecule has 9 nitrogen and oxygen atoms in total. The highest BCUT2D eigenvalue weighted by Crippen LogP contribution is 2.36. The maximum Gasteiger partial charge on any atom is 0.408 e. The summed E-state index contributed by atoms with van der Waals surface area (Å²) in [4.78, 5) is 41.0. The number of rotatable bonds is 8. The lowest BCUT2D eigenvalue weighted by Crippen LogP contribution is -2.54. The summed E-state index contributed by atoms with van der Waals surface area (Å²) in [6.07, 6.45) is 0.525. The summed E-state index contributed by atoms with van der Waals surface area (Å²) in [6.45, 7) is 6.27. The van der Waals surface area contributed by atoms with E-state index in [1.54, 1.807) is 45.0 Å². The van der Waals surface area contributed by atoms with Crippen LogP contribution >= 0.6 is 0 Å². The Labute approximate surface area is 205 Å². The van der Waals surface area contributed by atoms with Crippen LogP contribution in [0.4, 0.5) is 10.5 Å². The SMILES string of the molecule is Cc1ccccc1NC(=O)C(c1ccc(O)cc1)N(C(=O)C(CO)NC(=O)OC(C)(C)C)C1CC1. The summed E-state index contributed by atoms with van der Waals surface area (Å²) in [5, 5.41) is 25.0. The number of carbonyl (C=O) groups excluding carboxylic acids is 3. The van der Waals surface area contributed by atoms with Crippen LogP contribution in [0.5, 0.6) is 5.75 Å². The van der Waals surface area contributed by atoms with Crippen LogP contribution in [0.25, 0.3) is 0 Å². The Morgan fingerprint density at radius 2 is 1.71 bits per heavy atom. The number of amides is 3. The summed E-state index contributed by atoms with van der Waals surface area (Å²) >= 11 is 0. The van der Waals surface area contributed by atoms with E-state index in [4.69, 9.17) is 4.74 Å². The number of hydrogen-bond donors (Lipinski definition) is 4. The first-order valence-electron chi connectivity index (χ1n) is 11.6. The van der Waals surface area contributed by atoms with Crippen molar-refractivity contribution < 1.29 is 29.3 Å². The first-order valence-corrected chi connectivity index (χ1v) is 11.6. The average molecular weight is 484 g/mol. The van der Waals surface area contributed by atoms with E-state index in [0.717, 1.165) is 5.56 Å². The number of hydrogen-bond acceptors (Lipinski definition) is 6. The molecule has 9 heteroatoms. The molecular formula is C26H33N3O6. The van der Waals surface area contributed by atoms with E-state index in [1.165, 1.54) is 17.0 Å². The molecule has 3 rings (SSSR count). The first-order chi connectivity index (χ1) is 16.5. The number of nitrogens with zero attached hydrogens (tertiary/aromatic N) is 1. The molecule has 0 aliphatic heterocycles. The van der Waals surface area contributed by atoms with Crippen molar-refractivity contribution in [2.24, 2.45) is 0 Å². The van der Waals surface area contributed by atoms with Crippen molar-refractivity contribution in [2.75, 3.05) is 11.9 Å². The maximum atomic E-state index is 13.6. The van der Waals surface area contributed by atoms with Gasteiger partial charge in [-0.3, -0.25) is 9.59 Å². The molecule has 0 bridgehead atoms. The molecule has 1 fully saturated rings. The molecule has 2 aromatic rings. The average Bonchev–Trinajstić information content (AvgIpc) is 3.61. The van der Waals surface area contributed by atoms with Gasteiger partial charge in [0.25, 0.3) is 5.91 Å². The van der Waals surface area contributed by atoms with Crippen LogP contribution in [0.15, 0.2) is 48.5 Å². The van der Waals surface area contributed by atoms with Gasteiger partial charge in [0.2, 0.25) is 5.91 Å². The van der Waals surface area contributed by atoms with Crippen molar-refractivity contribution in [2.45, 2.75) is 64.3 Å². The second-order valence-electron chi connectivity index (χ2n) is 9.66. The Balaban J connectivity index is 1.94. The van der Waals surface area contributed by atoms with Crippen molar-refractivity contribution in [3.05, 3.63) is 59.7 Å². The topological polar surface area (TPSA) is 128 Å². The number of phenolic OH excluding ortho intramolecular Hbond substituents is 1. The fourth-order valence-electron chi connectivity index (χ4n) is 3.70. The number of nitrogens with one attached hydrogen (secondary N) is 2. The number of carbonyl (C=O) groups is 3. The van der Waals surface area contributed by atoms with Crippen molar-refractivity contribution in [3.8, 4) is 5.75 Å². The number of benzene rings is 2. The Morgan fingerprint density at radius 1 is 1.09 bits per heavy atom. The van der Waals surface area contributed by atoms with Gasteiger partial charge >= 0.3 is 6.09 Å². The number of aliphatic hydroxyl groups excluding tert-OH is 1. The van der Waals surface area contributed by atoms with E-state index in [9.17, 15) is 24.6 Å². The fraction of sp³-hybridized carbons (Fsp3) is 0.423. The number of aryl methyl sites for hydroxylation is 1. The third-order valence-corrected chi connectivity index (χ3v) is 5.50. The molecule has 2 unspecified atom stereocenters. The van der Waals surface area contributed by atoms with Gasteiger partial charge in [0.05, 0.1) is 6.61 Å². The van der Waals surface area contributed by atoms with Gasteiger partial charge in [-0.05, 0) is 69.9 Å². The van der Waals surface area contributed by atoms with E-state index in [-0.39, 0.29) is 11.8 Å². The third-order valence-electron chi connectivity index (χ3n) is 5.50. The summed E-state index contributed by atoms with van der Waals surface area (Å²) in [5.41, 5.74) is 1.17. The third kappa shape index (κ3) is 6.95. The molecule has 0 saturated heterocycles. The fourth-order valence-corrected chi connectivity index (χ4v) is 3.70. The van der Waals surface area contributed by atoms with Crippen LogP contribution in [-0.2, 0) is 14.3 Å². The standard InChI is InChI=1S/C26H33N3O6/c1-16-7-5-6-8-20(16)27-23(32)22(17-9-13-19(31)14-10-17)29(18-11-12-18)24(33)21(15-30)28-25(34)35-26(2,3)4/h5-10,13-14,18,21-22,30-31H,11-12,15H2,1-4H3,(H,27,32)(H,28,34).